The highest BCUT2D eigenvalue weighted by molar-refractivity contribution is 6.21. The summed E-state index contributed by atoms with van der Waals surface area (Å²) in [7, 11) is 0. The molecule has 8 rings (SSSR count). The molecule has 1 heterocycles. The largest absolute Gasteiger partial charge is 0.493 e. The normalized spacial score (nSPS) is 23.9. The third kappa shape index (κ3) is 6.16. The van der Waals surface area contributed by atoms with Crippen molar-refractivity contribution in [2.24, 2.45) is 17.8 Å². The molecule has 0 atom stereocenters. The van der Waals surface area contributed by atoms with Crippen LogP contribution in [0.4, 0.5) is 0 Å². The molecule has 0 radical (unpaired) electrons. The smallest absolute Gasteiger partial charge is 0.330 e. The molecule has 0 aromatic heterocycles. The maximum Gasteiger partial charge on any atom is 0.330 e. The van der Waals surface area contributed by atoms with Crippen LogP contribution >= 0.6 is 0 Å². The number of carbonyl (C=O) groups excluding carboxylic acids is 4. The molecule has 8 nitrogen and oxygen atoms in total. The van der Waals surface area contributed by atoms with Gasteiger partial charge in [0.15, 0.2) is 0 Å². The number of nitrogens with zero attached hydrogens (tertiary/aromatic N) is 1. The maximum absolute atomic E-state index is 12.8. The second kappa shape index (κ2) is 13.1. The molecule has 3 aromatic carbocycles. The lowest BCUT2D eigenvalue weighted by Crippen LogP contribution is -2.48. The number of fused-ring (bicyclic) bond motifs is 1. The number of imide groups is 1. The minimum atomic E-state index is -0.445. The minimum absolute atomic E-state index is 0.0152. The van der Waals surface area contributed by atoms with Crippen LogP contribution in [0.5, 0.6) is 11.5 Å². The molecule has 2 amide bonds. The summed E-state index contributed by atoms with van der Waals surface area (Å²) in [5.74, 6) is 2.08. The Morgan fingerprint density at radius 2 is 1.48 bits per heavy atom. The van der Waals surface area contributed by atoms with Gasteiger partial charge in [-0.3, -0.25) is 19.3 Å². The monoisotopic (exact) mass is 647 g/mol. The molecule has 0 N–H and O–H groups in total. The van der Waals surface area contributed by atoms with Crippen molar-refractivity contribution in [2.75, 3.05) is 19.8 Å². The van der Waals surface area contributed by atoms with E-state index in [2.05, 4.69) is 6.07 Å². The van der Waals surface area contributed by atoms with Crippen molar-refractivity contribution in [3.8, 4) is 22.6 Å². The fraction of sp³-hybridized carbons (Fsp3) is 0.400. The Bertz CT molecular complexity index is 1740. The average molecular weight is 648 g/mol. The number of hydrogen-bond acceptors (Lipinski definition) is 7. The number of benzene rings is 3. The molecule has 0 unspecified atom stereocenters. The summed E-state index contributed by atoms with van der Waals surface area (Å²) in [6, 6.07) is 18.9. The van der Waals surface area contributed by atoms with Crippen molar-refractivity contribution in [3.05, 3.63) is 89.0 Å². The third-order valence-electron chi connectivity index (χ3n) is 10.5. The van der Waals surface area contributed by atoms with Crippen molar-refractivity contribution in [3.63, 3.8) is 0 Å². The van der Waals surface area contributed by atoms with Gasteiger partial charge >= 0.3 is 11.9 Å². The van der Waals surface area contributed by atoms with Crippen LogP contribution < -0.4 is 9.47 Å². The fourth-order valence-electron chi connectivity index (χ4n) is 8.98. The van der Waals surface area contributed by atoms with E-state index in [9.17, 15) is 19.2 Å². The van der Waals surface area contributed by atoms with Crippen molar-refractivity contribution in [1.82, 2.24) is 4.90 Å². The van der Waals surface area contributed by atoms with Gasteiger partial charge in [-0.2, -0.15) is 0 Å². The van der Waals surface area contributed by atoms with Gasteiger partial charge in [-0.05, 0) is 123 Å². The van der Waals surface area contributed by atoms with Crippen LogP contribution in [-0.4, -0.2) is 48.4 Å². The zero-order valence-electron chi connectivity index (χ0n) is 27.5. The van der Waals surface area contributed by atoms with Crippen molar-refractivity contribution < 1.29 is 33.4 Å². The summed E-state index contributed by atoms with van der Waals surface area (Å²) in [4.78, 5) is 51.2. The van der Waals surface area contributed by atoms with E-state index in [-0.39, 0.29) is 43.0 Å². The van der Waals surface area contributed by atoms with Gasteiger partial charge in [0.05, 0.1) is 24.3 Å². The number of amides is 2. The number of rotatable bonds is 11. The molecule has 4 aliphatic carbocycles. The molecular formula is C40H41NO7. The molecule has 48 heavy (non-hydrogen) atoms. The molecule has 3 aromatic rings. The van der Waals surface area contributed by atoms with Gasteiger partial charge in [-0.25, -0.2) is 4.79 Å². The highest BCUT2D eigenvalue weighted by Crippen LogP contribution is 2.62. The van der Waals surface area contributed by atoms with Crippen LogP contribution in [0.3, 0.4) is 0 Å². The Kier molecular flexibility index (Phi) is 8.67. The van der Waals surface area contributed by atoms with Gasteiger partial charge in [-0.1, -0.05) is 30.3 Å². The predicted molar refractivity (Wildman–Crippen MR) is 181 cm³/mol. The Labute approximate surface area is 281 Å². The quantitative estimate of drug-likeness (QED) is 0.0704. The van der Waals surface area contributed by atoms with Gasteiger partial charge in [0.25, 0.3) is 11.8 Å². The van der Waals surface area contributed by atoms with Crippen LogP contribution in [0.2, 0.25) is 0 Å². The highest BCUT2D eigenvalue weighted by Gasteiger charge is 2.52. The first-order valence-electron chi connectivity index (χ1n) is 17.1. The van der Waals surface area contributed by atoms with E-state index in [0.717, 1.165) is 53.7 Å². The highest BCUT2D eigenvalue weighted by atomic mass is 16.5. The Morgan fingerprint density at radius 1 is 0.854 bits per heavy atom. The molecule has 0 saturated heterocycles. The summed E-state index contributed by atoms with van der Waals surface area (Å²) in [5.41, 5.74) is 4.62. The number of carbonyl (C=O) groups is 4. The standard InChI is InChI=1S/C40H41NO7/c1-3-46-37(43)14-12-29-9-10-31(21-36(29)47-16-6-15-41-38(44)32-7-4-5-8-33(32)39(41)45)30-11-13-35(48-25(2)42)34(20-30)40-22-26-17-27(23-40)19-28(18-26)24-40/h4-5,7-14,20-21,26-28H,3,6,15-19,22-24H2,1-2H3/b14-12+. The molecule has 4 bridgehead atoms. The summed E-state index contributed by atoms with van der Waals surface area (Å²) in [6.45, 7) is 3.97. The summed E-state index contributed by atoms with van der Waals surface area (Å²) < 4.78 is 17.2. The van der Waals surface area contributed by atoms with Crippen LogP contribution in [0.1, 0.15) is 90.6 Å². The second-order valence-corrected chi connectivity index (χ2v) is 13.8. The molecule has 8 heteroatoms. The zero-order valence-corrected chi connectivity index (χ0v) is 27.5. The van der Waals surface area contributed by atoms with Crippen molar-refractivity contribution in [2.45, 2.75) is 64.2 Å². The Morgan fingerprint density at radius 3 is 2.10 bits per heavy atom. The van der Waals surface area contributed by atoms with Gasteiger partial charge in [0.1, 0.15) is 11.5 Å². The predicted octanol–water partition coefficient (Wildman–Crippen LogP) is 7.39. The first-order chi connectivity index (χ1) is 23.2. The van der Waals surface area contributed by atoms with E-state index in [0.29, 0.717) is 34.6 Å². The van der Waals surface area contributed by atoms with E-state index in [1.54, 1.807) is 37.3 Å². The van der Waals surface area contributed by atoms with Gasteiger partial charge in [0, 0.05) is 30.7 Å². The molecule has 0 spiro atoms. The summed E-state index contributed by atoms with van der Waals surface area (Å²) >= 11 is 0. The topological polar surface area (TPSA) is 99.2 Å². The summed E-state index contributed by atoms with van der Waals surface area (Å²) in [5, 5.41) is 0. The molecule has 5 aliphatic rings. The average Bonchev–Trinajstić information content (AvgIpc) is 3.30. The maximum atomic E-state index is 12.8. The number of esters is 2. The first-order valence-corrected chi connectivity index (χ1v) is 17.1. The van der Waals surface area contributed by atoms with Gasteiger partial charge < -0.3 is 14.2 Å². The van der Waals surface area contributed by atoms with Crippen LogP contribution in [-0.2, 0) is 19.7 Å². The third-order valence-corrected chi connectivity index (χ3v) is 10.5. The van der Waals surface area contributed by atoms with Crippen LogP contribution in [0.15, 0.2) is 66.7 Å². The van der Waals surface area contributed by atoms with Crippen LogP contribution in [0, 0.1) is 17.8 Å². The number of hydrogen-bond donors (Lipinski definition) is 0. The SMILES string of the molecule is CCOC(=O)/C=C/c1ccc(-c2ccc(OC(C)=O)c(C34CC5CC(CC(C5)C3)C4)c2)cc1OCCCN1C(=O)c2ccccc2C1=O. The Balaban J connectivity index is 1.15. The fourth-order valence-corrected chi connectivity index (χ4v) is 8.98. The second-order valence-electron chi connectivity index (χ2n) is 13.8. The molecular weight excluding hydrogens is 606 g/mol. The van der Waals surface area contributed by atoms with Gasteiger partial charge in [0.2, 0.25) is 0 Å². The first kappa shape index (κ1) is 31.9. The number of ether oxygens (including phenoxy) is 3. The minimum Gasteiger partial charge on any atom is -0.493 e. The lowest BCUT2D eigenvalue weighted by Gasteiger charge is -2.57. The van der Waals surface area contributed by atoms with E-state index in [1.807, 2.05) is 30.3 Å². The van der Waals surface area contributed by atoms with Crippen LogP contribution in [0.25, 0.3) is 17.2 Å². The lowest BCUT2D eigenvalue weighted by atomic mass is 9.48. The van der Waals surface area contributed by atoms with Crippen molar-refractivity contribution >= 4 is 29.8 Å². The molecule has 4 saturated carbocycles. The Hall–Kier alpha value is -4.72. The molecule has 248 valence electrons. The van der Waals surface area contributed by atoms with E-state index in [1.165, 1.54) is 37.2 Å². The van der Waals surface area contributed by atoms with E-state index >= 15 is 0 Å². The van der Waals surface area contributed by atoms with Crippen molar-refractivity contribution in [1.29, 1.82) is 0 Å². The molecule has 4 fully saturated rings. The van der Waals surface area contributed by atoms with Gasteiger partial charge in [-0.15, -0.1) is 0 Å². The molecule has 1 aliphatic heterocycles. The summed E-state index contributed by atoms with van der Waals surface area (Å²) in [6.07, 6.45) is 10.8. The van der Waals surface area contributed by atoms with E-state index in [4.69, 9.17) is 14.2 Å². The zero-order chi connectivity index (χ0) is 33.4. The van der Waals surface area contributed by atoms with E-state index < -0.39 is 5.97 Å². The lowest BCUT2D eigenvalue weighted by molar-refractivity contribution is -0.137.